The van der Waals surface area contributed by atoms with Gasteiger partial charge in [0, 0.05) is 49.4 Å². The minimum absolute atomic E-state index is 0.0122. The Morgan fingerprint density at radius 3 is 2.43 bits per heavy atom. The average Bonchev–Trinajstić information content (AvgIpc) is 3.10. The van der Waals surface area contributed by atoms with Crippen molar-refractivity contribution in [2.24, 2.45) is 5.92 Å². The van der Waals surface area contributed by atoms with Gasteiger partial charge in [-0.2, -0.15) is 0 Å². The van der Waals surface area contributed by atoms with Crippen LogP contribution in [0.1, 0.15) is 12.0 Å². The summed E-state index contributed by atoms with van der Waals surface area (Å²) >= 11 is 3.45. The Hall–Kier alpha value is -2.18. The first-order valence-electron chi connectivity index (χ1n) is 9.74. The molecule has 0 N–H and O–H groups in total. The molecule has 2 aliphatic heterocycles. The highest BCUT2D eigenvalue weighted by atomic mass is 79.9. The Morgan fingerprint density at radius 2 is 1.71 bits per heavy atom. The molecule has 1 atom stereocenters. The van der Waals surface area contributed by atoms with E-state index < -0.39 is 5.92 Å². The smallest absolute Gasteiger partial charge is 0.239 e. The van der Waals surface area contributed by atoms with E-state index in [9.17, 15) is 9.59 Å². The van der Waals surface area contributed by atoms with Gasteiger partial charge in [-0.1, -0.05) is 52.3 Å². The van der Waals surface area contributed by atoms with Crippen molar-refractivity contribution in [3.63, 3.8) is 0 Å². The summed E-state index contributed by atoms with van der Waals surface area (Å²) < 4.78 is 0.933. The molecule has 28 heavy (non-hydrogen) atoms. The van der Waals surface area contributed by atoms with Gasteiger partial charge in [0.05, 0.1) is 0 Å². The van der Waals surface area contributed by atoms with Crippen LogP contribution in [0.4, 0.5) is 5.69 Å². The topological polar surface area (TPSA) is 43.9 Å². The van der Waals surface area contributed by atoms with Gasteiger partial charge in [0.25, 0.3) is 0 Å². The van der Waals surface area contributed by atoms with E-state index in [0.717, 1.165) is 29.8 Å². The molecule has 2 fully saturated rings. The van der Waals surface area contributed by atoms with Gasteiger partial charge in [-0.15, -0.1) is 0 Å². The lowest BCUT2D eigenvalue weighted by Gasteiger charge is -2.35. The van der Waals surface area contributed by atoms with Crippen LogP contribution in [0.25, 0.3) is 0 Å². The number of hydrogen-bond donors (Lipinski definition) is 0. The number of rotatable bonds is 4. The van der Waals surface area contributed by atoms with Gasteiger partial charge in [0.1, 0.15) is 5.92 Å². The average molecular weight is 442 g/mol. The van der Waals surface area contributed by atoms with Gasteiger partial charge in [0.15, 0.2) is 0 Å². The van der Waals surface area contributed by atoms with Crippen molar-refractivity contribution in [3.8, 4) is 0 Å². The molecule has 0 saturated carbocycles. The van der Waals surface area contributed by atoms with Crippen LogP contribution in [0.2, 0.25) is 0 Å². The number of amides is 2. The highest BCUT2D eigenvalue weighted by Crippen LogP contribution is 2.28. The van der Waals surface area contributed by atoms with E-state index in [1.54, 1.807) is 4.90 Å². The lowest BCUT2D eigenvalue weighted by molar-refractivity contribution is -0.141. The summed E-state index contributed by atoms with van der Waals surface area (Å²) in [6.45, 7) is 4.56. The van der Waals surface area contributed by atoms with E-state index in [2.05, 4.69) is 45.1 Å². The van der Waals surface area contributed by atoms with Crippen LogP contribution in [0.15, 0.2) is 59.1 Å². The zero-order valence-corrected chi connectivity index (χ0v) is 17.3. The monoisotopic (exact) mass is 441 g/mol. The van der Waals surface area contributed by atoms with Crippen LogP contribution in [-0.4, -0.2) is 54.3 Å². The summed E-state index contributed by atoms with van der Waals surface area (Å²) in [6.07, 6.45) is 0.592. The lowest BCUT2D eigenvalue weighted by atomic mass is 10.1. The van der Waals surface area contributed by atoms with Crippen molar-refractivity contribution >= 4 is 33.4 Å². The molecule has 6 heteroatoms. The van der Waals surface area contributed by atoms with Crippen LogP contribution >= 0.6 is 15.9 Å². The van der Waals surface area contributed by atoms with E-state index in [1.165, 1.54) is 5.56 Å². The predicted molar refractivity (Wildman–Crippen MR) is 113 cm³/mol. The Labute approximate surface area is 174 Å². The summed E-state index contributed by atoms with van der Waals surface area (Å²) in [7, 11) is 0. The van der Waals surface area contributed by atoms with Crippen LogP contribution in [0.3, 0.4) is 0 Å². The minimum Gasteiger partial charge on any atom is -0.339 e. The molecule has 2 aliphatic rings. The molecule has 2 amide bonds. The number of carbonyl (C=O) groups is 2. The second kappa shape index (κ2) is 8.45. The molecule has 146 valence electrons. The lowest BCUT2D eigenvalue weighted by Crippen LogP contribution is -2.51. The fourth-order valence-electron chi connectivity index (χ4n) is 4.00. The number of halogens is 1. The van der Waals surface area contributed by atoms with Crippen molar-refractivity contribution in [2.45, 2.75) is 13.0 Å². The molecule has 0 spiro atoms. The van der Waals surface area contributed by atoms with Gasteiger partial charge in [-0.25, -0.2) is 0 Å². The van der Waals surface area contributed by atoms with Crippen molar-refractivity contribution in [1.29, 1.82) is 0 Å². The van der Waals surface area contributed by atoms with Gasteiger partial charge in [0.2, 0.25) is 11.8 Å². The van der Waals surface area contributed by atoms with Crippen LogP contribution in [0.5, 0.6) is 0 Å². The first-order valence-corrected chi connectivity index (χ1v) is 10.5. The van der Waals surface area contributed by atoms with Crippen LogP contribution in [-0.2, 0) is 16.1 Å². The summed E-state index contributed by atoms with van der Waals surface area (Å²) in [5, 5.41) is 0. The summed E-state index contributed by atoms with van der Waals surface area (Å²) in [5.41, 5.74) is 2.14. The maximum atomic E-state index is 13.0. The molecule has 2 aromatic carbocycles. The third-order valence-electron chi connectivity index (χ3n) is 5.56. The number of piperazine rings is 1. The molecule has 5 nitrogen and oxygen atoms in total. The zero-order chi connectivity index (χ0) is 19.5. The Balaban J connectivity index is 1.33. The van der Waals surface area contributed by atoms with Crippen molar-refractivity contribution in [3.05, 3.63) is 64.6 Å². The molecular weight excluding hydrogens is 418 g/mol. The fourth-order valence-corrected chi connectivity index (χ4v) is 4.38. The van der Waals surface area contributed by atoms with E-state index >= 15 is 0 Å². The van der Waals surface area contributed by atoms with E-state index in [1.807, 2.05) is 35.2 Å². The highest BCUT2D eigenvalue weighted by molar-refractivity contribution is 9.10. The molecule has 2 saturated heterocycles. The summed E-state index contributed by atoms with van der Waals surface area (Å²) in [6, 6.07) is 18.1. The molecule has 0 bridgehead atoms. The maximum Gasteiger partial charge on any atom is 0.239 e. The third kappa shape index (κ3) is 4.13. The third-order valence-corrected chi connectivity index (χ3v) is 6.05. The Bertz CT molecular complexity index is 850. The number of carbonyl (C=O) groups excluding carboxylic acids is 2. The Morgan fingerprint density at radius 1 is 0.964 bits per heavy atom. The molecule has 0 aromatic heterocycles. The molecule has 0 aliphatic carbocycles. The maximum absolute atomic E-state index is 13.0. The quantitative estimate of drug-likeness (QED) is 0.684. The largest absolute Gasteiger partial charge is 0.339 e. The molecule has 1 unspecified atom stereocenters. The summed E-state index contributed by atoms with van der Waals surface area (Å²) in [5.74, 6) is -0.628. The first kappa shape index (κ1) is 19.2. The number of hydrogen-bond acceptors (Lipinski definition) is 3. The number of benzene rings is 2. The molecule has 2 aromatic rings. The number of anilines is 1. The van der Waals surface area contributed by atoms with Crippen LogP contribution < -0.4 is 4.90 Å². The van der Waals surface area contributed by atoms with Crippen LogP contribution in [0, 0.1) is 5.92 Å². The van der Waals surface area contributed by atoms with E-state index in [4.69, 9.17) is 0 Å². The number of nitrogens with zero attached hydrogens (tertiary/aromatic N) is 3. The van der Waals surface area contributed by atoms with Gasteiger partial charge in [-0.05, 0) is 30.2 Å². The van der Waals surface area contributed by atoms with E-state index in [0.29, 0.717) is 26.1 Å². The molecule has 4 rings (SSSR count). The van der Waals surface area contributed by atoms with Gasteiger partial charge < -0.3 is 9.80 Å². The first-order chi connectivity index (χ1) is 13.6. The van der Waals surface area contributed by atoms with Crippen molar-refractivity contribution in [2.75, 3.05) is 37.6 Å². The summed E-state index contributed by atoms with van der Waals surface area (Å²) in [4.78, 5) is 31.8. The highest BCUT2D eigenvalue weighted by Gasteiger charge is 2.40. The van der Waals surface area contributed by atoms with E-state index in [-0.39, 0.29) is 11.8 Å². The normalized spacial score (nSPS) is 20.6. The zero-order valence-electron chi connectivity index (χ0n) is 15.8. The van der Waals surface area contributed by atoms with Crippen molar-refractivity contribution < 1.29 is 9.59 Å². The second-order valence-corrected chi connectivity index (χ2v) is 8.31. The molecule has 2 heterocycles. The molecule has 0 radical (unpaired) electrons. The second-order valence-electron chi connectivity index (χ2n) is 7.40. The predicted octanol–water partition coefficient (Wildman–Crippen LogP) is 3.15. The Kier molecular flexibility index (Phi) is 5.78. The standard InChI is InChI=1S/C22H24BrN3O2/c23-18-7-4-8-19(15-18)26-10-9-20(22(26)28)21(27)25-13-11-24(12-14-25)16-17-5-2-1-3-6-17/h1-8,15,20H,9-14,16H2. The minimum atomic E-state index is -0.542. The van der Waals surface area contributed by atoms with Gasteiger partial charge >= 0.3 is 0 Å². The molecular formula is C22H24BrN3O2. The SMILES string of the molecule is O=C(C1CCN(c2cccc(Br)c2)C1=O)N1CCN(Cc2ccccc2)CC1. The van der Waals surface area contributed by atoms with Crippen molar-refractivity contribution in [1.82, 2.24) is 9.80 Å². The fraction of sp³-hybridized carbons (Fsp3) is 0.364. The van der Waals surface area contributed by atoms with Gasteiger partial charge in [-0.3, -0.25) is 14.5 Å².